The first kappa shape index (κ1) is 17.7. The normalized spacial score (nSPS) is 12.0. The van der Waals surface area contributed by atoms with Crippen molar-refractivity contribution >= 4 is 29.0 Å². The number of hydrogen-bond acceptors (Lipinski definition) is 6. The Kier molecular flexibility index (Phi) is 6.25. The monoisotopic (exact) mass is 373 g/mol. The van der Waals surface area contributed by atoms with Crippen LogP contribution in [0.1, 0.15) is 18.9 Å². The molecule has 0 saturated carbocycles. The number of benzene rings is 1. The molecule has 3 aromatic rings. The summed E-state index contributed by atoms with van der Waals surface area (Å²) in [4.78, 5) is 13.0. The van der Waals surface area contributed by atoms with Crippen LogP contribution in [0.2, 0.25) is 0 Å². The largest absolute Gasteiger partial charge is 0.410 e. The van der Waals surface area contributed by atoms with Crippen LogP contribution in [0.25, 0.3) is 10.8 Å². The predicted octanol–water partition coefficient (Wildman–Crippen LogP) is 4.03. The third-order valence-electron chi connectivity index (χ3n) is 3.58. The molecule has 2 aromatic heterocycles. The van der Waals surface area contributed by atoms with Gasteiger partial charge >= 0.3 is 0 Å². The average Bonchev–Trinajstić information content (AvgIpc) is 3.30. The summed E-state index contributed by atoms with van der Waals surface area (Å²) in [6, 6.07) is 14.3. The second-order valence-corrected chi connectivity index (χ2v) is 7.51. The van der Waals surface area contributed by atoms with Gasteiger partial charge in [-0.25, -0.2) is 0 Å². The topological polar surface area (TPSA) is 68.0 Å². The zero-order valence-corrected chi connectivity index (χ0v) is 15.5. The van der Waals surface area contributed by atoms with E-state index in [-0.39, 0.29) is 17.7 Å². The molecule has 0 spiro atoms. The third kappa shape index (κ3) is 5.44. The molecule has 25 heavy (non-hydrogen) atoms. The van der Waals surface area contributed by atoms with Crippen molar-refractivity contribution < 1.29 is 9.21 Å². The van der Waals surface area contributed by atoms with Gasteiger partial charge in [0.15, 0.2) is 0 Å². The summed E-state index contributed by atoms with van der Waals surface area (Å²) in [5.74, 6) is 0.734. The standard InChI is InChI=1S/C18H19N3O2S2/c1-13(9-10-14-6-3-2-4-7-14)19-16(22)12-25-18-21-20-17(23-18)15-8-5-11-24-15/h2-8,11,13H,9-10,12H2,1H3,(H,19,22)/t13-/m0/s1. The van der Waals surface area contributed by atoms with Crippen molar-refractivity contribution in [3.05, 3.63) is 53.4 Å². The van der Waals surface area contributed by atoms with Gasteiger partial charge in [-0.15, -0.1) is 21.5 Å². The summed E-state index contributed by atoms with van der Waals surface area (Å²) in [6.45, 7) is 2.02. The maximum atomic E-state index is 12.1. The van der Waals surface area contributed by atoms with Crippen molar-refractivity contribution in [2.75, 3.05) is 5.75 Å². The number of amides is 1. The fraction of sp³-hybridized carbons (Fsp3) is 0.278. The van der Waals surface area contributed by atoms with Gasteiger partial charge in [-0.2, -0.15) is 0 Å². The summed E-state index contributed by atoms with van der Waals surface area (Å²) in [5, 5.41) is 13.3. The molecule has 0 aliphatic rings. The number of aryl methyl sites for hydroxylation is 1. The van der Waals surface area contributed by atoms with E-state index in [2.05, 4.69) is 27.6 Å². The molecule has 1 N–H and O–H groups in total. The van der Waals surface area contributed by atoms with Gasteiger partial charge in [0.1, 0.15) is 0 Å². The first-order chi connectivity index (χ1) is 12.2. The molecule has 2 heterocycles. The Morgan fingerprint density at radius 3 is 2.84 bits per heavy atom. The predicted molar refractivity (Wildman–Crippen MR) is 101 cm³/mol. The van der Waals surface area contributed by atoms with Crippen LogP contribution in [0.3, 0.4) is 0 Å². The second kappa shape index (κ2) is 8.82. The second-order valence-electron chi connectivity index (χ2n) is 5.63. The number of rotatable bonds is 8. The first-order valence-corrected chi connectivity index (χ1v) is 9.90. The number of aromatic nitrogens is 2. The Balaban J connectivity index is 1.40. The van der Waals surface area contributed by atoms with E-state index < -0.39 is 0 Å². The van der Waals surface area contributed by atoms with Crippen molar-refractivity contribution in [1.82, 2.24) is 15.5 Å². The van der Waals surface area contributed by atoms with E-state index >= 15 is 0 Å². The highest BCUT2D eigenvalue weighted by molar-refractivity contribution is 7.99. The molecule has 0 bridgehead atoms. The molecular formula is C18H19N3O2S2. The number of thiophene rings is 1. The van der Waals surface area contributed by atoms with Crippen molar-refractivity contribution in [1.29, 1.82) is 0 Å². The Labute approximate surface area is 154 Å². The molecular weight excluding hydrogens is 354 g/mol. The lowest BCUT2D eigenvalue weighted by Gasteiger charge is -2.13. The van der Waals surface area contributed by atoms with Gasteiger partial charge < -0.3 is 9.73 Å². The van der Waals surface area contributed by atoms with Gasteiger partial charge in [0, 0.05) is 6.04 Å². The quantitative estimate of drug-likeness (QED) is 0.604. The lowest BCUT2D eigenvalue weighted by Crippen LogP contribution is -2.34. The summed E-state index contributed by atoms with van der Waals surface area (Å²) in [6.07, 6.45) is 1.85. The Hall–Kier alpha value is -2.12. The highest BCUT2D eigenvalue weighted by Gasteiger charge is 2.13. The molecule has 5 nitrogen and oxygen atoms in total. The van der Waals surface area contributed by atoms with Crippen molar-refractivity contribution in [3.8, 4) is 10.8 Å². The molecule has 7 heteroatoms. The molecule has 0 fully saturated rings. The summed E-state index contributed by atoms with van der Waals surface area (Å²) >= 11 is 2.80. The number of carbonyl (C=O) groups is 1. The smallest absolute Gasteiger partial charge is 0.277 e. The van der Waals surface area contributed by atoms with Gasteiger partial charge in [-0.1, -0.05) is 48.2 Å². The highest BCUT2D eigenvalue weighted by Crippen LogP contribution is 2.26. The van der Waals surface area contributed by atoms with Crippen molar-refractivity contribution in [2.24, 2.45) is 0 Å². The van der Waals surface area contributed by atoms with Gasteiger partial charge in [0.25, 0.3) is 11.1 Å². The van der Waals surface area contributed by atoms with Crippen LogP contribution in [0.4, 0.5) is 0 Å². The van der Waals surface area contributed by atoms with Crippen molar-refractivity contribution in [3.63, 3.8) is 0 Å². The Morgan fingerprint density at radius 1 is 1.24 bits per heavy atom. The van der Waals surface area contributed by atoms with Crippen LogP contribution in [0.5, 0.6) is 0 Å². The summed E-state index contributed by atoms with van der Waals surface area (Å²) in [5.41, 5.74) is 1.28. The number of thioether (sulfide) groups is 1. The third-order valence-corrected chi connectivity index (χ3v) is 5.26. The van der Waals surface area contributed by atoms with Crippen LogP contribution >= 0.6 is 23.1 Å². The van der Waals surface area contributed by atoms with E-state index in [4.69, 9.17) is 4.42 Å². The minimum absolute atomic E-state index is 0.0264. The number of hydrogen-bond donors (Lipinski definition) is 1. The van der Waals surface area contributed by atoms with Crippen molar-refractivity contribution in [2.45, 2.75) is 31.0 Å². The molecule has 1 amide bonds. The fourth-order valence-electron chi connectivity index (χ4n) is 2.31. The molecule has 0 radical (unpaired) electrons. The molecule has 130 valence electrons. The molecule has 1 atom stereocenters. The van der Waals surface area contributed by atoms with E-state index in [1.807, 2.05) is 42.6 Å². The van der Waals surface area contributed by atoms with E-state index in [0.717, 1.165) is 17.7 Å². The number of carbonyl (C=O) groups excluding carboxylic acids is 1. The number of nitrogens with zero attached hydrogens (tertiary/aromatic N) is 2. The van der Waals surface area contributed by atoms with Crippen LogP contribution < -0.4 is 5.32 Å². The molecule has 3 rings (SSSR count). The highest BCUT2D eigenvalue weighted by atomic mass is 32.2. The molecule has 0 aliphatic heterocycles. The summed E-state index contributed by atoms with van der Waals surface area (Å²) in [7, 11) is 0. The maximum absolute atomic E-state index is 12.1. The van der Waals surface area contributed by atoms with Crippen LogP contribution in [0, 0.1) is 0 Å². The van der Waals surface area contributed by atoms with E-state index in [1.165, 1.54) is 17.3 Å². The van der Waals surface area contributed by atoms with Gasteiger partial charge in [-0.05, 0) is 36.8 Å². The van der Waals surface area contributed by atoms with Gasteiger partial charge in [-0.3, -0.25) is 4.79 Å². The number of nitrogens with one attached hydrogen (secondary N) is 1. The zero-order valence-electron chi connectivity index (χ0n) is 13.8. The average molecular weight is 374 g/mol. The molecule has 0 unspecified atom stereocenters. The Morgan fingerprint density at radius 2 is 2.08 bits per heavy atom. The Bertz CT molecular complexity index is 788. The van der Waals surface area contributed by atoms with Crippen LogP contribution in [0.15, 0.2) is 57.5 Å². The SMILES string of the molecule is C[C@@H](CCc1ccccc1)NC(=O)CSc1nnc(-c2cccs2)o1. The first-order valence-electron chi connectivity index (χ1n) is 8.04. The molecule has 1 aromatic carbocycles. The fourth-order valence-corrected chi connectivity index (χ4v) is 3.53. The lowest BCUT2D eigenvalue weighted by molar-refractivity contribution is -0.119. The van der Waals surface area contributed by atoms with Gasteiger partial charge in [0.2, 0.25) is 5.91 Å². The maximum Gasteiger partial charge on any atom is 0.277 e. The summed E-state index contributed by atoms with van der Waals surface area (Å²) < 4.78 is 5.56. The van der Waals surface area contributed by atoms with Crippen LogP contribution in [-0.4, -0.2) is 27.9 Å². The lowest BCUT2D eigenvalue weighted by atomic mass is 10.1. The van der Waals surface area contributed by atoms with Crippen LogP contribution in [-0.2, 0) is 11.2 Å². The molecule has 0 aliphatic carbocycles. The van der Waals surface area contributed by atoms with Gasteiger partial charge in [0.05, 0.1) is 10.6 Å². The molecule has 0 saturated heterocycles. The minimum Gasteiger partial charge on any atom is -0.410 e. The van der Waals surface area contributed by atoms with E-state index in [9.17, 15) is 4.79 Å². The minimum atomic E-state index is -0.0264. The van der Waals surface area contributed by atoms with E-state index in [0.29, 0.717) is 11.1 Å². The zero-order chi connectivity index (χ0) is 17.5. The van der Waals surface area contributed by atoms with E-state index in [1.54, 1.807) is 11.3 Å².